The molecule has 0 amide bonds. The second kappa shape index (κ2) is 5.95. The van der Waals surface area contributed by atoms with E-state index in [1.807, 2.05) is 6.07 Å². The van der Waals surface area contributed by atoms with Crippen molar-refractivity contribution in [3.05, 3.63) is 58.9 Å². The number of fused-ring (bicyclic) bond motifs is 2. The zero-order chi connectivity index (χ0) is 17.6. The molecule has 2 aromatic heterocycles. The molecule has 128 valence electrons. The maximum Gasteiger partial charge on any atom is 0.198 e. The second-order valence-electron chi connectivity index (χ2n) is 7.56. The van der Waals surface area contributed by atoms with Gasteiger partial charge >= 0.3 is 0 Å². The van der Waals surface area contributed by atoms with Crippen LogP contribution >= 0.6 is 11.3 Å². The number of hydrogen-bond acceptors (Lipinski definition) is 4. The highest BCUT2D eigenvalue weighted by Gasteiger charge is 2.25. The van der Waals surface area contributed by atoms with Crippen molar-refractivity contribution in [1.29, 1.82) is 0 Å². The van der Waals surface area contributed by atoms with Gasteiger partial charge < -0.3 is 4.42 Å². The van der Waals surface area contributed by atoms with Crippen LogP contribution in [0.15, 0.2) is 46.9 Å². The Morgan fingerprint density at radius 1 is 1.04 bits per heavy atom. The van der Waals surface area contributed by atoms with Gasteiger partial charge in [0.25, 0.3) is 0 Å². The molecule has 0 radical (unpaired) electrons. The molecule has 0 fully saturated rings. The fourth-order valence-electron chi connectivity index (χ4n) is 3.09. The zero-order valence-corrected chi connectivity index (χ0v) is 15.9. The molecule has 0 aliphatic carbocycles. The summed E-state index contributed by atoms with van der Waals surface area (Å²) in [5, 5.41) is 1.18. The summed E-state index contributed by atoms with van der Waals surface area (Å²) < 4.78 is 7.16. The molecule has 0 spiro atoms. The first kappa shape index (κ1) is 16.3. The van der Waals surface area contributed by atoms with E-state index >= 15 is 0 Å². The van der Waals surface area contributed by atoms with Gasteiger partial charge in [-0.05, 0) is 36.2 Å². The number of rotatable bonds is 4. The first-order valence-electron chi connectivity index (χ1n) is 8.68. The van der Waals surface area contributed by atoms with Crippen LogP contribution in [-0.2, 0) is 11.8 Å². The summed E-state index contributed by atoms with van der Waals surface area (Å²) in [5.74, 6) is 1.10. The SMILES string of the molecule is CC(C)c1nc2ccc(CC(C)(C)c3nc4ccccc4s3)cc2o1. The first-order chi connectivity index (χ1) is 11.9. The van der Waals surface area contributed by atoms with Crippen LogP contribution in [0.2, 0.25) is 0 Å². The van der Waals surface area contributed by atoms with Gasteiger partial charge in [-0.15, -0.1) is 11.3 Å². The fraction of sp³-hybridized carbons (Fsp3) is 0.333. The van der Waals surface area contributed by atoms with Crippen molar-refractivity contribution >= 4 is 32.7 Å². The third-order valence-electron chi connectivity index (χ3n) is 4.48. The Balaban J connectivity index is 1.66. The van der Waals surface area contributed by atoms with E-state index in [4.69, 9.17) is 9.40 Å². The predicted molar refractivity (Wildman–Crippen MR) is 104 cm³/mol. The molecule has 0 bridgehead atoms. The van der Waals surface area contributed by atoms with Crippen LogP contribution in [0, 0.1) is 0 Å². The van der Waals surface area contributed by atoms with Crippen molar-refractivity contribution in [3.8, 4) is 0 Å². The van der Waals surface area contributed by atoms with Crippen LogP contribution in [0.3, 0.4) is 0 Å². The van der Waals surface area contributed by atoms with Crippen LogP contribution in [-0.4, -0.2) is 9.97 Å². The van der Waals surface area contributed by atoms with Gasteiger partial charge in [-0.25, -0.2) is 9.97 Å². The lowest BCUT2D eigenvalue weighted by atomic mass is 9.86. The molecule has 0 unspecified atom stereocenters. The minimum absolute atomic E-state index is 0.0295. The molecule has 3 nitrogen and oxygen atoms in total. The van der Waals surface area contributed by atoms with E-state index in [2.05, 4.69) is 69.1 Å². The minimum atomic E-state index is -0.0295. The van der Waals surface area contributed by atoms with Crippen molar-refractivity contribution in [3.63, 3.8) is 0 Å². The van der Waals surface area contributed by atoms with E-state index in [0.717, 1.165) is 28.9 Å². The molecule has 0 N–H and O–H groups in total. The number of benzene rings is 2. The molecular formula is C21H22N2OS. The van der Waals surface area contributed by atoms with Gasteiger partial charge in [0, 0.05) is 11.3 Å². The summed E-state index contributed by atoms with van der Waals surface area (Å²) in [5.41, 5.74) is 4.12. The summed E-state index contributed by atoms with van der Waals surface area (Å²) in [4.78, 5) is 9.41. The first-order valence-corrected chi connectivity index (χ1v) is 9.49. The summed E-state index contributed by atoms with van der Waals surface area (Å²) in [7, 11) is 0. The Morgan fingerprint density at radius 3 is 2.60 bits per heavy atom. The van der Waals surface area contributed by atoms with Gasteiger partial charge in [0.1, 0.15) is 5.52 Å². The number of aromatic nitrogens is 2. The number of nitrogens with zero attached hydrogens (tertiary/aromatic N) is 2. The molecule has 0 aliphatic heterocycles. The van der Waals surface area contributed by atoms with Crippen LogP contribution < -0.4 is 0 Å². The molecule has 25 heavy (non-hydrogen) atoms. The zero-order valence-electron chi connectivity index (χ0n) is 15.0. The predicted octanol–water partition coefficient (Wildman–Crippen LogP) is 6.08. The minimum Gasteiger partial charge on any atom is -0.440 e. The molecule has 4 heteroatoms. The van der Waals surface area contributed by atoms with Crippen molar-refractivity contribution < 1.29 is 4.42 Å². The van der Waals surface area contributed by atoms with Gasteiger partial charge in [0.05, 0.1) is 15.2 Å². The Bertz CT molecular complexity index is 1010. The van der Waals surface area contributed by atoms with Crippen molar-refractivity contribution in [2.24, 2.45) is 0 Å². The van der Waals surface area contributed by atoms with E-state index in [-0.39, 0.29) is 5.41 Å². The average molecular weight is 350 g/mol. The highest BCUT2D eigenvalue weighted by molar-refractivity contribution is 7.18. The number of oxazole rings is 1. The Hall–Kier alpha value is -2.20. The monoisotopic (exact) mass is 350 g/mol. The van der Waals surface area contributed by atoms with Crippen LogP contribution in [0.5, 0.6) is 0 Å². The van der Waals surface area contributed by atoms with Crippen molar-refractivity contribution in [1.82, 2.24) is 9.97 Å². The second-order valence-corrected chi connectivity index (χ2v) is 8.59. The van der Waals surface area contributed by atoms with Gasteiger partial charge in [-0.2, -0.15) is 0 Å². The Morgan fingerprint density at radius 2 is 1.84 bits per heavy atom. The molecule has 4 aromatic rings. The maximum absolute atomic E-state index is 5.91. The highest BCUT2D eigenvalue weighted by atomic mass is 32.1. The topological polar surface area (TPSA) is 38.9 Å². The molecule has 4 rings (SSSR count). The summed E-state index contributed by atoms with van der Waals surface area (Å²) in [6, 6.07) is 14.7. The van der Waals surface area contributed by atoms with E-state index < -0.39 is 0 Å². The van der Waals surface area contributed by atoms with E-state index in [0.29, 0.717) is 5.92 Å². The standard InChI is InChI=1S/C21H22N2OS/c1-13(2)19-22-15-10-9-14(11-17(15)24-19)12-21(3,4)20-23-16-7-5-6-8-18(16)25-20/h5-11,13H,12H2,1-4H3. The molecule has 0 atom stereocenters. The molecule has 2 heterocycles. The van der Waals surface area contributed by atoms with Crippen LogP contribution in [0.4, 0.5) is 0 Å². The Kier molecular flexibility index (Phi) is 3.88. The van der Waals surface area contributed by atoms with Crippen molar-refractivity contribution in [2.75, 3.05) is 0 Å². The third kappa shape index (κ3) is 3.07. The lowest BCUT2D eigenvalue weighted by molar-refractivity contribution is 0.499. The van der Waals surface area contributed by atoms with E-state index in [1.165, 1.54) is 15.3 Å². The lowest BCUT2D eigenvalue weighted by Gasteiger charge is -2.21. The van der Waals surface area contributed by atoms with Gasteiger partial charge in [0.2, 0.25) is 0 Å². The van der Waals surface area contributed by atoms with Crippen molar-refractivity contribution in [2.45, 2.75) is 45.4 Å². The molecular weight excluding hydrogens is 328 g/mol. The van der Waals surface area contributed by atoms with Crippen LogP contribution in [0.25, 0.3) is 21.3 Å². The fourth-order valence-corrected chi connectivity index (χ4v) is 4.16. The maximum atomic E-state index is 5.91. The summed E-state index contributed by atoms with van der Waals surface area (Å²) in [6.07, 6.45) is 0.917. The number of para-hydroxylation sites is 1. The van der Waals surface area contributed by atoms with Gasteiger partial charge in [0.15, 0.2) is 11.5 Å². The molecule has 0 saturated heterocycles. The van der Waals surface area contributed by atoms with E-state index in [1.54, 1.807) is 11.3 Å². The summed E-state index contributed by atoms with van der Waals surface area (Å²) in [6.45, 7) is 8.72. The molecule has 0 aliphatic rings. The highest BCUT2D eigenvalue weighted by Crippen LogP contribution is 2.34. The molecule has 2 aromatic carbocycles. The van der Waals surface area contributed by atoms with Gasteiger partial charge in [-0.1, -0.05) is 45.9 Å². The lowest BCUT2D eigenvalue weighted by Crippen LogP contribution is -2.20. The number of thiazole rings is 1. The van der Waals surface area contributed by atoms with Gasteiger partial charge in [-0.3, -0.25) is 0 Å². The van der Waals surface area contributed by atoms with Crippen LogP contribution in [0.1, 0.15) is 50.1 Å². The summed E-state index contributed by atoms with van der Waals surface area (Å²) >= 11 is 1.79. The average Bonchev–Trinajstić information content (AvgIpc) is 3.18. The third-order valence-corrected chi connectivity index (χ3v) is 5.88. The molecule has 0 saturated carbocycles. The largest absolute Gasteiger partial charge is 0.440 e. The Labute approximate surface area is 151 Å². The van der Waals surface area contributed by atoms with E-state index in [9.17, 15) is 0 Å². The number of hydrogen-bond donors (Lipinski definition) is 0. The quantitative estimate of drug-likeness (QED) is 0.447. The normalized spacial score (nSPS) is 12.5. The smallest absolute Gasteiger partial charge is 0.198 e.